The number of nitrogens with zero attached hydrogens (tertiary/aromatic N) is 1. The lowest BCUT2D eigenvalue weighted by Crippen LogP contribution is -2.45. The Morgan fingerprint density at radius 2 is 2.10 bits per heavy atom. The molecule has 0 spiro atoms. The van der Waals surface area contributed by atoms with Gasteiger partial charge in [0.05, 0.1) is 25.2 Å². The molecule has 2 N–H and O–H groups in total. The predicted molar refractivity (Wildman–Crippen MR) is 68.8 cm³/mol. The van der Waals surface area contributed by atoms with Crippen molar-refractivity contribution in [2.45, 2.75) is 32.4 Å². The number of ether oxygens (including phenoxy) is 1. The molecule has 2 fully saturated rings. The molecular weight excluding hydrogens is 264 g/mol. The summed E-state index contributed by atoms with van der Waals surface area (Å²) in [4.78, 5) is 36.6. The van der Waals surface area contributed by atoms with Crippen LogP contribution in [-0.4, -0.2) is 59.6 Å². The Morgan fingerprint density at radius 1 is 1.40 bits per heavy atom. The summed E-state index contributed by atoms with van der Waals surface area (Å²) in [6, 6.07) is -0.440. The second-order valence-corrected chi connectivity index (χ2v) is 5.64. The van der Waals surface area contributed by atoms with Crippen LogP contribution in [0.4, 0.5) is 0 Å². The van der Waals surface area contributed by atoms with E-state index in [1.54, 1.807) is 4.90 Å². The highest BCUT2D eigenvalue weighted by molar-refractivity contribution is 5.89. The number of hydrogen-bond donors (Lipinski definition) is 2. The minimum Gasteiger partial charge on any atom is -0.481 e. The zero-order valence-corrected chi connectivity index (χ0v) is 11.7. The van der Waals surface area contributed by atoms with E-state index in [1.165, 1.54) is 0 Å². The van der Waals surface area contributed by atoms with E-state index in [0.29, 0.717) is 6.54 Å². The fourth-order valence-corrected chi connectivity index (χ4v) is 2.65. The lowest BCUT2D eigenvalue weighted by Gasteiger charge is -2.21. The number of carbonyl (C=O) groups is 3. The molecule has 7 heteroatoms. The third-order valence-electron chi connectivity index (χ3n) is 3.88. The van der Waals surface area contributed by atoms with Crippen LogP contribution in [-0.2, 0) is 19.1 Å². The summed E-state index contributed by atoms with van der Waals surface area (Å²) in [6.45, 7) is 4.53. The fraction of sp³-hybridized carbons (Fsp3) is 0.769. The van der Waals surface area contributed by atoms with Gasteiger partial charge in [-0.05, 0) is 13.8 Å². The lowest BCUT2D eigenvalue weighted by atomic mass is 10.0. The van der Waals surface area contributed by atoms with Crippen molar-refractivity contribution >= 4 is 17.8 Å². The van der Waals surface area contributed by atoms with Crippen molar-refractivity contribution in [2.24, 2.45) is 11.8 Å². The summed E-state index contributed by atoms with van der Waals surface area (Å²) >= 11 is 0. The topological polar surface area (TPSA) is 95.9 Å². The molecule has 112 valence electrons. The van der Waals surface area contributed by atoms with E-state index < -0.39 is 23.8 Å². The molecule has 2 aliphatic rings. The first kappa shape index (κ1) is 14.8. The summed E-state index contributed by atoms with van der Waals surface area (Å²) in [6.07, 6.45) is 0.190. The fourth-order valence-electron chi connectivity index (χ4n) is 2.65. The third kappa shape index (κ3) is 2.92. The molecular formula is C13H20N2O5. The van der Waals surface area contributed by atoms with Gasteiger partial charge in [0.2, 0.25) is 11.8 Å². The van der Waals surface area contributed by atoms with Crippen LogP contribution >= 0.6 is 0 Å². The number of carboxylic acid groups (broad SMARTS) is 1. The van der Waals surface area contributed by atoms with Crippen LogP contribution < -0.4 is 5.32 Å². The van der Waals surface area contributed by atoms with E-state index >= 15 is 0 Å². The molecule has 7 nitrogen and oxygen atoms in total. The van der Waals surface area contributed by atoms with Gasteiger partial charge in [0, 0.05) is 19.0 Å². The molecule has 2 saturated heterocycles. The maximum absolute atomic E-state index is 12.1. The van der Waals surface area contributed by atoms with E-state index in [4.69, 9.17) is 9.84 Å². The Morgan fingerprint density at radius 3 is 2.65 bits per heavy atom. The smallest absolute Gasteiger partial charge is 0.311 e. The van der Waals surface area contributed by atoms with Gasteiger partial charge < -0.3 is 20.1 Å². The van der Waals surface area contributed by atoms with Gasteiger partial charge in [-0.15, -0.1) is 0 Å². The van der Waals surface area contributed by atoms with Crippen LogP contribution in [0.3, 0.4) is 0 Å². The van der Waals surface area contributed by atoms with E-state index in [1.807, 2.05) is 13.8 Å². The first-order valence-corrected chi connectivity index (χ1v) is 6.80. The summed E-state index contributed by atoms with van der Waals surface area (Å²) in [5.74, 6) is -2.38. The lowest BCUT2D eigenvalue weighted by molar-refractivity contribution is -0.142. The number of carbonyl (C=O) groups excluding carboxylic acids is 2. The number of likely N-dealkylation sites (tertiary alicyclic amines) is 1. The number of amides is 2. The Kier molecular flexibility index (Phi) is 4.27. The molecule has 0 aliphatic carbocycles. The van der Waals surface area contributed by atoms with E-state index in [2.05, 4.69) is 5.32 Å². The van der Waals surface area contributed by atoms with Crippen LogP contribution in [0.15, 0.2) is 0 Å². The molecule has 0 aromatic rings. The van der Waals surface area contributed by atoms with Crippen molar-refractivity contribution in [3.63, 3.8) is 0 Å². The predicted octanol–water partition coefficient (Wildman–Crippen LogP) is -0.541. The first-order valence-electron chi connectivity index (χ1n) is 6.80. The van der Waals surface area contributed by atoms with Gasteiger partial charge >= 0.3 is 5.97 Å². The zero-order chi connectivity index (χ0) is 14.9. The van der Waals surface area contributed by atoms with E-state index in [0.717, 1.165) is 0 Å². The molecule has 3 unspecified atom stereocenters. The Labute approximate surface area is 117 Å². The maximum Gasteiger partial charge on any atom is 0.311 e. The molecule has 0 aromatic carbocycles. The molecule has 0 saturated carbocycles. The molecule has 0 bridgehead atoms. The molecule has 2 aliphatic heterocycles. The Hall–Kier alpha value is -1.63. The average molecular weight is 284 g/mol. The van der Waals surface area contributed by atoms with Crippen LogP contribution in [0.25, 0.3) is 0 Å². The van der Waals surface area contributed by atoms with Crippen molar-refractivity contribution in [1.82, 2.24) is 10.2 Å². The highest BCUT2D eigenvalue weighted by Gasteiger charge is 2.39. The van der Waals surface area contributed by atoms with Gasteiger partial charge in [-0.3, -0.25) is 14.4 Å². The largest absolute Gasteiger partial charge is 0.481 e. The van der Waals surface area contributed by atoms with Crippen LogP contribution in [0.2, 0.25) is 0 Å². The van der Waals surface area contributed by atoms with Crippen molar-refractivity contribution in [3.8, 4) is 0 Å². The van der Waals surface area contributed by atoms with Gasteiger partial charge in [0.1, 0.15) is 5.92 Å². The number of nitrogens with one attached hydrogen (secondary N) is 1. The Bertz CT molecular complexity index is 423. The second-order valence-electron chi connectivity index (χ2n) is 5.64. The van der Waals surface area contributed by atoms with Crippen molar-refractivity contribution in [3.05, 3.63) is 0 Å². The minimum absolute atomic E-state index is 0.0300. The standard InChI is InChI=1S/C13H20N2O5/c1-7(2)15-4-8(3-11(15)16)12(17)14-10-6-20-5-9(10)13(18)19/h7-10H,3-6H2,1-2H3,(H,14,17)(H,18,19). The third-order valence-corrected chi connectivity index (χ3v) is 3.88. The summed E-state index contributed by atoms with van der Waals surface area (Å²) < 4.78 is 5.10. The Balaban J connectivity index is 1.93. The molecule has 0 aromatic heterocycles. The SMILES string of the molecule is CC(C)N1CC(C(=O)NC2COCC2C(=O)O)CC1=O. The average Bonchev–Trinajstić information content (AvgIpc) is 2.95. The molecule has 0 radical (unpaired) electrons. The number of carboxylic acids is 1. The molecule has 2 rings (SSSR count). The summed E-state index contributed by atoms with van der Waals surface area (Å²) in [7, 11) is 0. The van der Waals surface area contributed by atoms with Crippen molar-refractivity contribution in [1.29, 1.82) is 0 Å². The molecule has 3 atom stereocenters. The van der Waals surface area contributed by atoms with Crippen molar-refractivity contribution in [2.75, 3.05) is 19.8 Å². The summed E-state index contributed by atoms with van der Waals surface area (Å²) in [5, 5.41) is 11.7. The van der Waals surface area contributed by atoms with Crippen LogP contribution in [0.1, 0.15) is 20.3 Å². The molecule has 2 heterocycles. The van der Waals surface area contributed by atoms with E-state index in [-0.39, 0.29) is 37.5 Å². The highest BCUT2D eigenvalue weighted by Crippen LogP contribution is 2.21. The van der Waals surface area contributed by atoms with Gasteiger partial charge in [0.25, 0.3) is 0 Å². The second kappa shape index (κ2) is 5.78. The zero-order valence-electron chi connectivity index (χ0n) is 11.7. The van der Waals surface area contributed by atoms with Gasteiger partial charge in [-0.1, -0.05) is 0 Å². The highest BCUT2D eigenvalue weighted by atomic mass is 16.5. The quantitative estimate of drug-likeness (QED) is 0.723. The minimum atomic E-state index is -0.973. The number of hydrogen-bond acceptors (Lipinski definition) is 4. The van der Waals surface area contributed by atoms with Gasteiger partial charge in [-0.2, -0.15) is 0 Å². The van der Waals surface area contributed by atoms with Gasteiger partial charge in [0.15, 0.2) is 0 Å². The first-order chi connectivity index (χ1) is 9.40. The summed E-state index contributed by atoms with van der Waals surface area (Å²) in [5.41, 5.74) is 0. The number of rotatable bonds is 4. The van der Waals surface area contributed by atoms with Crippen LogP contribution in [0.5, 0.6) is 0 Å². The van der Waals surface area contributed by atoms with Crippen molar-refractivity contribution < 1.29 is 24.2 Å². The normalized spacial score (nSPS) is 30.1. The molecule has 20 heavy (non-hydrogen) atoms. The number of aliphatic carboxylic acids is 1. The maximum atomic E-state index is 12.1. The molecule has 2 amide bonds. The van der Waals surface area contributed by atoms with Crippen LogP contribution in [0, 0.1) is 11.8 Å². The van der Waals surface area contributed by atoms with Gasteiger partial charge in [-0.25, -0.2) is 0 Å². The monoisotopic (exact) mass is 284 g/mol. The van der Waals surface area contributed by atoms with E-state index in [9.17, 15) is 14.4 Å².